The van der Waals surface area contributed by atoms with E-state index in [0.29, 0.717) is 33.9 Å². The predicted octanol–water partition coefficient (Wildman–Crippen LogP) is 5.67. The van der Waals surface area contributed by atoms with Crippen LogP contribution in [0.15, 0.2) is 71.5 Å². The number of aromatic amines is 1. The smallest absolute Gasteiger partial charge is 0.279 e. The van der Waals surface area contributed by atoms with E-state index in [1.54, 1.807) is 47.2 Å². The number of hydrogen-bond acceptors (Lipinski definition) is 5. The van der Waals surface area contributed by atoms with Crippen molar-refractivity contribution in [3.05, 3.63) is 93.2 Å². The topological polar surface area (TPSA) is 108 Å². The van der Waals surface area contributed by atoms with Gasteiger partial charge in [0.2, 0.25) is 14.3 Å². The lowest BCUT2D eigenvalue weighted by Gasteiger charge is -2.31. The molecule has 3 aromatic carbocycles. The Morgan fingerprint density at radius 1 is 1.13 bits per heavy atom. The van der Waals surface area contributed by atoms with Gasteiger partial charge in [-0.2, -0.15) is 0 Å². The van der Waals surface area contributed by atoms with Gasteiger partial charge in [-0.1, -0.05) is 42.8 Å². The Morgan fingerprint density at radius 2 is 1.91 bits per heavy atom. The Morgan fingerprint density at radius 3 is 2.66 bits per heavy atom. The number of H-pyrrole nitrogens is 1. The van der Waals surface area contributed by atoms with E-state index in [1.807, 2.05) is 49.4 Å². The maximum Gasteiger partial charge on any atom is 0.279 e. The van der Waals surface area contributed by atoms with Gasteiger partial charge < -0.3 is 23.8 Å². The number of carbonyl (C=O) groups is 2. The Hall–Kier alpha value is -3.77. The van der Waals surface area contributed by atoms with E-state index in [-0.39, 0.29) is 43.0 Å². The number of likely N-dealkylation sites (tertiary alicyclic amines) is 1. The number of anilines is 1. The first-order valence-electron chi connectivity index (χ1n) is 16.1. The van der Waals surface area contributed by atoms with Crippen molar-refractivity contribution in [1.82, 2.24) is 14.7 Å². The summed E-state index contributed by atoms with van der Waals surface area (Å²) < 4.78 is 24.5. The average molecular weight is 677 g/mol. The van der Waals surface area contributed by atoms with Gasteiger partial charge in [0.15, 0.2) is 5.60 Å². The van der Waals surface area contributed by atoms with E-state index < -0.39 is 31.6 Å². The van der Waals surface area contributed by atoms with Crippen LogP contribution in [0.4, 0.5) is 9.80 Å². The number of aromatic nitrogens is 2. The fraction of sp³-hybridized carbons (Fsp3) is 0.400. The molecule has 9 nitrogen and oxygen atoms in total. The number of aliphatic hydroxyl groups excluding tert-OH is 1. The number of rotatable bonds is 7. The number of nitrogens with zero attached hydrogens (tertiary/aromatic N) is 3. The number of nitrogens with one attached hydrogen (secondary N) is 1. The van der Waals surface area contributed by atoms with Crippen LogP contribution in [0.1, 0.15) is 37.3 Å². The maximum atomic E-state index is 16.3. The highest BCUT2D eigenvalue weighted by atomic mass is 35.5. The second-order valence-electron chi connectivity index (χ2n) is 13.6. The van der Waals surface area contributed by atoms with Crippen LogP contribution in [0, 0.1) is 5.92 Å². The summed E-state index contributed by atoms with van der Waals surface area (Å²) in [6.07, 6.45) is 0.622. The van der Waals surface area contributed by atoms with Crippen molar-refractivity contribution < 1.29 is 23.5 Å². The minimum Gasteiger partial charge on any atom is -0.394 e. The van der Waals surface area contributed by atoms with Crippen molar-refractivity contribution in [3.63, 3.8) is 0 Å². The van der Waals surface area contributed by atoms with Crippen LogP contribution in [-0.2, 0) is 26.5 Å². The molecule has 4 heterocycles. The van der Waals surface area contributed by atoms with Crippen LogP contribution in [0.2, 0.25) is 23.7 Å². The Balaban J connectivity index is 1.24. The molecular formula is C35H38ClFN4O5Si. The van der Waals surface area contributed by atoms with Crippen LogP contribution in [0.25, 0.3) is 16.6 Å². The lowest BCUT2D eigenvalue weighted by molar-refractivity contribution is -0.150. The highest BCUT2D eigenvalue weighted by Crippen LogP contribution is 2.60. The van der Waals surface area contributed by atoms with Gasteiger partial charge in [0.1, 0.15) is 0 Å². The molecule has 1 spiro atoms. The zero-order valence-electron chi connectivity index (χ0n) is 26.6. The van der Waals surface area contributed by atoms with Gasteiger partial charge in [-0.3, -0.25) is 19.5 Å². The lowest BCUT2D eigenvalue weighted by Crippen LogP contribution is -2.45. The molecule has 2 N–H and O–H groups in total. The fourth-order valence-corrected chi connectivity index (χ4v) is 10.9. The maximum absolute atomic E-state index is 16.3. The first-order chi connectivity index (χ1) is 22.4. The Bertz CT molecular complexity index is 1940. The minimum absolute atomic E-state index is 0.0713. The molecule has 3 aliphatic rings. The van der Waals surface area contributed by atoms with Crippen molar-refractivity contribution >= 4 is 48.4 Å². The van der Waals surface area contributed by atoms with Gasteiger partial charge in [0.05, 0.1) is 54.0 Å². The Kier molecular flexibility index (Phi) is 7.94. The molecule has 3 aliphatic heterocycles. The van der Waals surface area contributed by atoms with E-state index >= 15 is 4.11 Å². The Labute approximate surface area is 278 Å². The lowest BCUT2D eigenvalue weighted by atomic mass is 9.82. The molecule has 4 aromatic rings. The summed E-state index contributed by atoms with van der Waals surface area (Å²) in [4.78, 5) is 44.8. The third kappa shape index (κ3) is 5.15. The summed E-state index contributed by atoms with van der Waals surface area (Å²) in [6.45, 7) is 5.64. The summed E-state index contributed by atoms with van der Waals surface area (Å²) >= 11 is 6.52. The van der Waals surface area contributed by atoms with Crippen LogP contribution < -0.4 is 10.5 Å². The summed E-state index contributed by atoms with van der Waals surface area (Å²) in [7, 11) is -3.49. The number of halogens is 2. The third-order valence-corrected chi connectivity index (χ3v) is 13.0. The summed E-state index contributed by atoms with van der Waals surface area (Å²) in [5.74, 6) is -1.11. The van der Waals surface area contributed by atoms with E-state index in [1.165, 1.54) is 4.68 Å². The van der Waals surface area contributed by atoms with Crippen LogP contribution in [0.3, 0.4) is 0 Å². The van der Waals surface area contributed by atoms with Crippen LogP contribution in [-0.4, -0.2) is 65.3 Å². The quantitative estimate of drug-likeness (QED) is 0.194. The molecular weight excluding hydrogens is 639 g/mol. The molecule has 2 saturated heterocycles. The third-order valence-electron chi connectivity index (χ3n) is 10.3. The molecule has 47 heavy (non-hydrogen) atoms. The number of fused-ring (bicyclic) bond motifs is 3. The first kappa shape index (κ1) is 31.8. The molecule has 12 heteroatoms. The van der Waals surface area contributed by atoms with E-state index in [9.17, 15) is 19.5 Å². The molecule has 2 fully saturated rings. The van der Waals surface area contributed by atoms with Gasteiger partial charge >= 0.3 is 0 Å². The summed E-state index contributed by atoms with van der Waals surface area (Å²) in [5, 5.41) is 14.0. The number of benzene rings is 3. The highest BCUT2D eigenvalue weighted by molar-refractivity contribution is 6.72. The van der Waals surface area contributed by atoms with Crippen molar-refractivity contribution in [1.29, 1.82) is 0 Å². The average Bonchev–Trinajstić information content (AvgIpc) is 3.78. The molecule has 0 aliphatic carbocycles. The molecule has 0 radical (unpaired) electrons. The standard InChI is InChI=1S/C35H38ClFN4O5Si/c1-21-32(47(2,3)37)30(18-31(43)39-15-7-10-25(39)20-42)46-35(21)27-17-23(36)13-14-29(27)40(34(35)45)19-22-8-6-9-24(16-22)41-33(44)26-11-4-5-12-28(26)38-41/h4-6,8-9,11-14,16-17,21,25,30,32,38,42H,7,10,15,18-20H2,1-3H3/t21-,25-,30+,32-,35+/m0/s1. The number of hydrogen-bond donors (Lipinski definition) is 2. The summed E-state index contributed by atoms with van der Waals surface area (Å²) in [6, 6.07) is 19.7. The predicted molar refractivity (Wildman–Crippen MR) is 181 cm³/mol. The number of aliphatic hydroxyl groups is 1. The number of para-hydroxylation sites is 1. The zero-order chi connectivity index (χ0) is 33.2. The zero-order valence-corrected chi connectivity index (χ0v) is 28.3. The molecule has 5 atom stereocenters. The minimum atomic E-state index is -3.49. The van der Waals surface area contributed by atoms with Gasteiger partial charge in [0, 0.05) is 28.6 Å². The number of carbonyl (C=O) groups excluding carboxylic acids is 2. The monoisotopic (exact) mass is 676 g/mol. The van der Waals surface area contributed by atoms with Gasteiger partial charge in [-0.05, 0) is 74.0 Å². The van der Waals surface area contributed by atoms with Crippen molar-refractivity contribution in [2.24, 2.45) is 5.92 Å². The van der Waals surface area contributed by atoms with E-state index in [2.05, 4.69) is 5.10 Å². The molecule has 1 aromatic heterocycles. The van der Waals surface area contributed by atoms with E-state index in [0.717, 1.165) is 23.9 Å². The summed E-state index contributed by atoms with van der Waals surface area (Å²) in [5.41, 5.74) is 0.953. The molecule has 246 valence electrons. The fourth-order valence-electron chi connectivity index (χ4n) is 8.24. The van der Waals surface area contributed by atoms with Crippen LogP contribution in [0.5, 0.6) is 0 Å². The van der Waals surface area contributed by atoms with Crippen molar-refractivity contribution in [2.45, 2.75) is 69.1 Å². The first-order valence-corrected chi connectivity index (χ1v) is 19.5. The van der Waals surface area contributed by atoms with Crippen LogP contribution >= 0.6 is 11.6 Å². The number of ether oxygens (including phenoxy) is 1. The molecule has 0 unspecified atom stereocenters. The number of amides is 2. The second-order valence-corrected chi connectivity index (χ2v) is 17.8. The second kappa shape index (κ2) is 11.7. The largest absolute Gasteiger partial charge is 0.394 e. The van der Waals surface area contributed by atoms with Crippen molar-refractivity contribution in [2.75, 3.05) is 18.1 Å². The SMILES string of the molecule is C[C@H]1[C@H]([Si](C)(C)F)[C@@H](CC(=O)N2CCC[C@H]2CO)O[C@]12C(=O)N(Cc1cccc(-n3[nH]c4ccccc4c3=O)c1)c1ccc(Cl)cc12. The van der Waals surface area contributed by atoms with Gasteiger partial charge in [-0.15, -0.1) is 0 Å². The molecule has 0 saturated carbocycles. The van der Waals surface area contributed by atoms with Crippen molar-refractivity contribution in [3.8, 4) is 5.69 Å². The van der Waals surface area contributed by atoms with Gasteiger partial charge in [-0.25, -0.2) is 4.68 Å². The highest BCUT2D eigenvalue weighted by Gasteiger charge is 2.67. The molecule has 2 amide bonds. The van der Waals surface area contributed by atoms with E-state index in [4.69, 9.17) is 16.3 Å². The molecule has 0 bridgehead atoms. The molecule has 7 rings (SSSR count). The van der Waals surface area contributed by atoms with Gasteiger partial charge in [0.25, 0.3) is 11.5 Å². The normalized spacial score (nSPS) is 25.8.